The first-order chi connectivity index (χ1) is 9.20. The molecule has 0 aliphatic heterocycles. The van der Waals surface area contributed by atoms with E-state index in [4.69, 9.17) is 4.74 Å². The van der Waals surface area contributed by atoms with E-state index in [1.807, 2.05) is 6.92 Å². The molecule has 0 unspecified atom stereocenters. The first-order valence-electron chi connectivity index (χ1n) is 6.27. The standard InChI is InChI=1S/C16H16O3/c1-2-10-19-15-8-6-12(7-9-15)16(18)13-4-3-5-14(17)11-13/h3-9,11,17H,2,10H2,1H3. The van der Waals surface area contributed by atoms with Crippen molar-refractivity contribution in [1.82, 2.24) is 0 Å². The minimum Gasteiger partial charge on any atom is -0.508 e. The van der Waals surface area contributed by atoms with Gasteiger partial charge in [0.2, 0.25) is 0 Å². The fourth-order valence-corrected chi connectivity index (χ4v) is 1.74. The van der Waals surface area contributed by atoms with E-state index >= 15 is 0 Å². The molecule has 0 saturated heterocycles. The van der Waals surface area contributed by atoms with E-state index in [0.717, 1.165) is 12.2 Å². The van der Waals surface area contributed by atoms with Crippen molar-refractivity contribution in [2.75, 3.05) is 6.61 Å². The Kier molecular flexibility index (Phi) is 4.18. The van der Waals surface area contributed by atoms with E-state index in [1.54, 1.807) is 42.5 Å². The molecule has 0 aromatic heterocycles. The molecule has 0 aliphatic rings. The fourth-order valence-electron chi connectivity index (χ4n) is 1.74. The largest absolute Gasteiger partial charge is 0.508 e. The number of rotatable bonds is 5. The van der Waals surface area contributed by atoms with Crippen LogP contribution in [0.3, 0.4) is 0 Å². The molecule has 2 aromatic rings. The summed E-state index contributed by atoms with van der Waals surface area (Å²) in [5.41, 5.74) is 1.05. The second-order valence-electron chi connectivity index (χ2n) is 4.25. The monoisotopic (exact) mass is 256 g/mol. The maximum Gasteiger partial charge on any atom is 0.193 e. The average molecular weight is 256 g/mol. The van der Waals surface area contributed by atoms with Gasteiger partial charge < -0.3 is 9.84 Å². The predicted molar refractivity (Wildman–Crippen MR) is 73.8 cm³/mol. The van der Waals surface area contributed by atoms with E-state index in [9.17, 15) is 9.90 Å². The molecule has 2 rings (SSSR count). The van der Waals surface area contributed by atoms with Crippen molar-refractivity contribution < 1.29 is 14.6 Å². The lowest BCUT2D eigenvalue weighted by Crippen LogP contribution is -2.01. The molecular formula is C16H16O3. The third kappa shape index (κ3) is 3.35. The topological polar surface area (TPSA) is 46.5 Å². The number of carbonyl (C=O) groups excluding carboxylic acids is 1. The predicted octanol–water partition coefficient (Wildman–Crippen LogP) is 3.41. The van der Waals surface area contributed by atoms with Crippen LogP contribution in [0.25, 0.3) is 0 Å². The van der Waals surface area contributed by atoms with Gasteiger partial charge in [0.1, 0.15) is 11.5 Å². The highest BCUT2D eigenvalue weighted by molar-refractivity contribution is 6.09. The molecule has 98 valence electrons. The first-order valence-corrected chi connectivity index (χ1v) is 6.27. The number of hydrogen-bond acceptors (Lipinski definition) is 3. The molecule has 19 heavy (non-hydrogen) atoms. The lowest BCUT2D eigenvalue weighted by Gasteiger charge is -2.06. The van der Waals surface area contributed by atoms with Gasteiger partial charge in [-0.1, -0.05) is 19.1 Å². The number of phenols is 1. The van der Waals surface area contributed by atoms with Crippen molar-refractivity contribution >= 4 is 5.78 Å². The van der Waals surface area contributed by atoms with Crippen LogP contribution in [-0.2, 0) is 0 Å². The van der Waals surface area contributed by atoms with Crippen LogP contribution in [0.2, 0.25) is 0 Å². The zero-order chi connectivity index (χ0) is 13.7. The highest BCUT2D eigenvalue weighted by atomic mass is 16.5. The third-order valence-corrected chi connectivity index (χ3v) is 2.70. The second kappa shape index (κ2) is 6.05. The summed E-state index contributed by atoms with van der Waals surface area (Å²) in [6.07, 6.45) is 0.948. The summed E-state index contributed by atoms with van der Waals surface area (Å²) < 4.78 is 5.46. The van der Waals surface area contributed by atoms with Crippen molar-refractivity contribution in [2.24, 2.45) is 0 Å². The van der Waals surface area contributed by atoms with Crippen LogP contribution in [0.4, 0.5) is 0 Å². The quantitative estimate of drug-likeness (QED) is 0.834. The molecule has 0 spiro atoms. The molecule has 0 saturated carbocycles. The SMILES string of the molecule is CCCOc1ccc(C(=O)c2cccc(O)c2)cc1. The minimum absolute atomic E-state index is 0.0914. The maximum absolute atomic E-state index is 12.2. The van der Waals surface area contributed by atoms with Crippen molar-refractivity contribution in [2.45, 2.75) is 13.3 Å². The molecule has 3 nitrogen and oxygen atoms in total. The van der Waals surface area contributed by atoms with Gasteiger partial charge in [0.15, 0.2) is 5.78 Å². The van der Waals surface area contributed by atoms with E-state index in [1.165, 1.54) is 6.07 Å². The molecule has 0 bridgehead atoms. The van der Waals surface area contributed by atoms with E-state index in [0.29, 0.717) is 17.7 Å². The van der Waals surface area contributed by atoms with Gasteiger partial charge in [0.05, 0.1) is 6.61 Å². The average Bonchev–Trinajstić information content (AvgIpc) is 2.45. The molecule has 0 radical (unpaired) electrons. The molecule has 0 fully saturated rings. The highest BCUT2D eigenvalue weighted by Crippen LogP contribution is 2.18. The molecule has 0 atom stereocenters. The summed E-state index contributed by atoms with van der Waals surface area (Å²) in [7, 11) is 0. The zero-order valence-corrected chi connectivity index (χ0v) is 10.8. The highest BCUT2D eigenvalue weighted by Gasteiger charge is 2.09. The normalized spacial score (nSPS) is 10.2. The van der Waals surface area contributed by atoms with Crippen LogP contribution < -0.4 is 4.74 Å². The van der Waals surface area contributed by atoms with Crippen LogP contribution in [-0.4, -0.2) is 17.5 Å². The Morgan fingerprint density at radius 2 is 1.84 bits per heavy atom. The van der Waals surface area contributed by atoms with Crippen LogP contribution in [0, 0.1) is 0 Å². The number of hydrogen-bond donors (Lipinski definition) is 1. The van der Waals surface area contributed by atoms with E-state index in [-0.39, 0.29) is 11.5 Å². The Morgan fingerprint density at radius 3 is 2.47 bits per heavy atom. The zero-order valence-electron chi connectivity index (χ0n) is 10.8. The summed E-state index contributed by atoms with van der Waals surface area (Å²) in [4.78, 5) is 12.2. The maximum atomic E-state index is 12.2. The van der Waals surface area contributed by atoms with Crippen LogP contribution >= 0.6 is 0 Å². The molecule has 0 amide bonds. The molecule has 1 N–H and O–H groups in total. The summed E-state index contributed by atoms with van der Waals surface area (Å²) in [6, 6.07) is 13.4. The smallest absolute Gasteiger partial charge is 0.193 e. The Bertz CT molecular complexity index is 558. The van der Waals surface area contributed by atoms with Crippen LogP contribution in [0.5, 0.6) is 11.5 Å². The number of aromatic hydroxyl groups is 1. The number of ketones is 1. The van der Waals surface area contributed by atoms with Gasteiger partial charge >= 0.3 is 0 Å². The van der Waals surface area contributed by atoms with Crippen molar-refractivity contribution in [1.29, 1.82) is 0 Å². The third-order valence-electron chi connectivity index (χ3n) is 2.70. The Morgan fingerprint density at radius 1 is 1.11 bits per heavy atom. The number of carbonyl (C=O) groups is 1. The lowest BCUT2D eigenvalue weighted by atomic mass is 10.0. The number of benzene rings is 2. The van der Waals surface area contributed by atoms with Gasteiger partial charge in [0.25, 0.3) is 0 Å². The minimum atomic E-state index is -0.113. The van der Waals surface area contributed by atoms with E-state index in [2.05, 4.69) is 0 Å². The summed E-state index contributed by atoms with van der Waals surface area (Å²) in [6.45, 7) is 2.71. The van der Waals surface area contributed by atoms with Gasteiger partial charge in [-0.3, -0.25) is 4.79 Å². The molecular weight excluding hydrogens is 240 g/mol. The Labute approximate surface area is 112 Å². The van der Waals surface area contributed by atoms with E-state index < -0.39 is 0 Å². The summed E-state index contributed by atoms with van der Waals surface area (Å²) in [5, 5.41) is 9.38. The summed E-state index contributed by atoms with van der Waals surface area (Å²) >= 11 is 0. The van der Waals surface area contributed by atoms with Gasteiger partial charge in [-0.15, -0.1) is 0 Å². The Hall–Kier alpha value is -2.29. The summed E-state index contributed by atoms with van der Waals surface area (Å²) in [5.74, 6) is 0.737. The van der Waals surface area contributed by atoms with Crippen molar-refractivity contribution in [3.05, 3.63) is 59.7 Å². The van der Waals surface area contributed by atoms with Gasteiger partial charge in [-0.2, -0.15) is 0 Å². The number of phenolic OH excluding ortho intramolecular Hbond substituents is 1. The lowest BCUT2D eigenvalue weighted by molar-refractivity contribution is 0.103. The fraction of sp³-hybridized carbons (Fsp3) is 0.188. The molecule has 0 aliphatic carbocycles. The van der Waals surface area contributed by atoms with Crippen LogP contribution in [0.1, 0.15) is 29.3 Å². The molecule has 3 heteroatoms. The van der Waals surface area contributed by atoms with Gasteiger partial charge in [-0.05, 0) is 42.8 Å². The van der Waals surface area contributed by atoms with Crippen molar-refractivity contribution in [3.8, 4) is 11.5 Å². The Balaban J connectivity index is 2.15. The second-order valence-corrected chi connectivity index (χ2v) is 4.25. The van der Waals surface area contributed by atoms with Crippen LogP contribution in [0.15, 0.2) is 48.5 Å². The van der Waals surface area contributed by atoms with Crippen molar-refractivity contribution in [3.63, 3.8) is 0 Å². The van der Waals surface area contributed by atoms with Gasteiger partial charge in [0, 0.05) is 11.1 Å². The molecule has 2 aromatic carbocycles. The van der Waals surface area contributed by atoms with Gasteiger partial charge in [-0.25, -0.2) is 0 Å². The first kappa shape index (κ1) is 13.1. The molecule has 0 heterocycles. The number of ether oxygens (including phenoxy) is 1.